The lowest BCUT2D eigenvalue weighted by molar-refractivity contribution is 0.664. The molecule has 0 unspecified atom stereocenters. The topological polar surface area (TPSA) is 56.5 Å². The van der Waals surface area contributed by atoms with Crippen LogP contribution in [0.25, 0.3) is 83.2 Å². The molecule has 3 aromatic heterocycles. The summed E-state index contributed by atoms with van der Waals surface area (Å²) in [7, 11) is 0. The van der Waals surface area contributed by atoms with E-state index in [4.69, 9.17) is 19.9 Å². The van der Waals surface area contributed by atoms with Crippen LogP contribution in [0.1, 0.15) is 36.2 Å². The molecule has 0 spiro atoms. The number of allylic oxidation sites excluding steroid dienone is 2. The second-order valence-electron chi connectivity index (χ2n) is 14.9. The highest BCUT2D eigenvalue weighted by Crippen LogP contribution is 2.50. The predicted molar refractivity (Wildman–Crippen MR) is 233 cm³/mol. The summed E-state index contributed by atoms with van der Waals surface area (Å²) >= 11 is 1.68. The average molecular weight is 740 g/mol. The van der Waals surface area contributed by atoms with Crippen molar-refractivity contribution >= 4 is 44.1 Å². The molecule has 56 heavy (non-hydrogen) atoms. The molecule has 268 valence electrons. The summed E-state index contributed by atoms with van der Waals surface area (Å²) in [5.41, 5.74) is 14.2. The molecule has 0 amide bonds. The minimum Gasteiger partial charge on any atom is -0.310 e. The van der Waals surface area contributed by atoms with E-state index in [1.165, 1.54) is 33.2 Å². The number of hydrogen-bond donors (Lipinski definition) is 0. The van der Waals surface area contributed by atoms with Gasteiger partial charge < -0.3 is 4.57 Å². The van der Waals surface area contributed by atoms with E-state index < -0.39 is 0 Å². The molecule has 5 nitrogen and oxygen atoms in total. The molecule has 0 N–H and O–H groups in total. The number of hydrogen-bond acceptors (Lipinski definition) is 5. The molecule has 10 rings (SSSR count). The number of fused-ring (bicyclic) bond motifs is 3. The van der Waals surface area contributed by atoms with Crippen LogP contribution in [0, 0.1) is 6.92 Å². The normalized spacial score (nSPS) is 14.2. The van der Waals surface area contributed by atoms with Crippen molar-refractivity contribution in [3.05, 3.63) is 186 Å². The molecule has 0 radical (unpaired) electrons. The SMILES string of the molecule is C=C1/C(=C\c2c(C)c3ccccc3n2-c2cccc(-c3nc4ccc(-c5nc(-c6ccccc6)nc(-c6ccccc6)n5)cc4s3)c2)C(C)(C)c2ccccc21. The van der Waals surface area contributed by atoms with E-state index in [2.05, 4.69) is 129 Å². The minimum absolute atomic E-state index is 0.170. The Hall–Kier alpha value is -6.76. The molecule has 6 aromatic carbocycles. The first kappa shape index (κ1) is 33.8. The lowest BCUT2D eigenvalue weighted by Gasteiger charge is -2.22. The third-order valence-corrected chi connectivity index (χ3v) is 12.1. The van der Waals surface area contributed by atoms with Gasteiger partial charge in [0, 0.05) is 38.7 Å². The molecule has 0 aliphatic heterocycles. The van der Waals surface area contributed by atoms with Crippen LogP contribution in [-0.2, 0) is 5.41 Å². The van der Waals surface area contributed by atoms with Crippen molar-refractivity contribution < 1.29 is 0 Å². The Morgan fingerprint density at radius 2 is 1.23 bits per heavy atom. The first-order valence-corrected chi connectivity index (χ1v) is 19.7. The zero-order chi connectivity index (χ0) is 38.0. The number of aromatic nitrogens is 5. The predicted octanol–water partition coefficient (Wildman–Crippen LogP) is 12.8. The maximum atomic E-state index is 5.14. The number of thiazole rings is 1. The highest BCUT2D eigenvalue weighted by atomic mass is 32.1. The van der Waals surface area contributed by atoms with Gasteiger partial charge in [-0.3, -0.25) is 0 Å². The summed E-state index contributed by atoms with van der Waals surface area (Å²) in [6.45, 7) is 11.4. The van der Waals surface area contributed by atoms with Crippen molar-refractivity contribution in [3.8, 4) is 50.4 Å². The van der Waals surface area contributed by atoms with Gasteiger partial charge in [0.15, 0.2) is 17.5 Å². The smallest absolute Gasteiger partial charge is 0.164 e. The highest BCUT2D eigenvalue weighted by Gasteiger charge is 2.37. The summed E-state index contributed by atoms with van der Waals surface area (Å²) in [5.74, 6) is 1.92. The molecule has 0 fully saturated rings. The van der Waals surface area contributed by atoms with E-state index in [0.29, 0.717) is 17.5 Å². The Morgan fingerprint density at radius 1 is 0.607 bits per heavy atom. The van der Waals surface area contributed by atoms with E-state index in [1.807, 2.05) is 60.7 Å². The molecule has 1 aliphatic rings. The second-order valence-corrected chi connectivity index (χ2v) is 15.9. The summed E-state index contributed by atoms with van der Waals surface area (Å²) in [5, 5.41) is 2.19. The molecule has 0 atom stereocenters. The third-order valence-electron chi connectivity index (χ3n) is 11.1. The Kier molecular flexibility index (Phi) is 7.98. The molecule has 6 heteroatoms. The third kappa shape index (κ3) is 5.61. The van der Waals surface area contributed by atoms with Crippen LogP contribution < -0.4 is 0 Å². The number of aryl methyl sites for hydroxylation is 1. The van der Waals surface area contributed by atoms with E-state index in [0.717, 1.165) is 54.4 Å². The van der Waals surface area contributed by atoms with Crippen LogP contribution in [0.5, 0.6) is 0 Å². The van der Waals surface area contributed by atoms with Crippen molar-refractivity contribution in [2.24, 2.45) is 0 Å². The molecule has 0 saturated heterocycles. The second kappa shape index (κ2) is 13.2. The first-order chi connectivity index (χ1) is 27.3. The number of benzene rings is 6. The zero-order valence-electron chi connectivity index (χ0n) is 31.4. The van der Waals surface area contributed by atoms with Gasteiger partial charge in [-0.25, -0.2) is 19.9 Å². The van der Waals surface area contributed by atoms with E-state index >= 15 is 0 Å². The Morgan fingerprint density at radius 3 is 1.95 bits per heavy atom. The van der Waals surface area contributed by atoms with E-state index in [9.17, 15) is 0 Å². The van der Waals surface area contributed by atoms with Crippen LogP contribution in [0.3, 0.4) is 0 Å². The molecule has 3 heterocycles. The highest BCUT2D eigenvalue weighted by molar-refractivity contribution is 7.21. The fourth-order valence-electron chi connectivity index (χ4n) is 8.14. The minimum atomic E-state index is -0.170. The average Bonchev–Trinajstić information content (AvgIpc) is 3.86. The summed E-state index contributed by atoms with van der Waals surface area (Å²) in [4.78, 5) is 19.9. The van der Waals surface area contributed by atoms with E-state index in [1.54, 1.807) is 11.3 Å². The lowest BCUT2D eigenvalue weighted by atomic mass is 9.81. The van der Waals surface area contributed by atoms with Crippen molar-refractivity contribution in [1.82, 2.24) is 24.5 Å². The Bertz CT molecular complexity index is 2970. The largest absolute Gasteiger partial charge is 0.310 e. The van der Waals surface area contributed by atoms with Crippen molar-refractivity contribution in [3.63, 3.8) is 0 Å². The fraction of sp³-hybridized carbons (Fsp3) is 0.0800. The van der Waals surface area contributed by atoms with Crippen molar-refractivity contribution in [2.75, 3.05) is 0 Å². The van der Waals surface area contributed by atoms with Gasteiger partial charge in [0.05, 0.1) is 21.4 Å². The molecular weight excluding hydrogens is 703 g/mol. The van der Waals surface area contributed by atoms with Crippen molar-refractivity contribution in [1.29, 1.82) is 0 Å². The Labute approximate surface area is 330 Å². The maximum Gasteiger partial charge on any atom is 0.164 e. The maximum absolute atomic E-state index is 5.14. The summed E-state index contributed by atoms with van der Waals surface area (Å²) in [6.07, 6.45) is 2.37. The summed E-state index contributed by atoms with van der Waals surface area (Å²) in [6, 6.07) is 52.5. The Balaban J connectivity index is 1.06. The number of para-hydroxylation sites is 1. The molecule has 0 saturated carbocycles. The molecule has 0 bridgehead atoms. The van der Waals surface area contributed by atoms with Gasteiger partial charge >= 0.3 is 0 Å². The summed E-state index contributed by atoms with van der Waals surface area (Å²) < 4.78 is 3.47. The molecular formula is C50H37N5S. The van der Waals surface area contributed by atoms with E-state index in [-0.39, 0.29) is 5.41 Å². The van der Waals surface area contributed by atoms with Gasteiger partial charge in [0.25, 0.3) is 0 Å². The van der Waals surface area contributed by atoms with Gasteiger partial charge in [0.1, 0.15) is 5.01 Å². The lowest BCUT2D eigenvalue weighted by Crippen LogP contribution is -2.15. The van der Waals surface area contributed by atoms with Crippen LogP contribution in [0.15, 0.2) is 164 Å². The van der Waals surface area contributed by atoms with Crippen LogP contribution >= 0.6 is 11.3 Å². The quantitative estimate of drug-likeness (QED) is 0.170. The number of rotatable bonds is 6. The monoisotopic (exact) mass is 739 g/mol. The zero-order valence-corrected chi connectivity index (χ0v) is 32.2. The van der Waals surface area contributed by atoms with Gasteiger partial charge in [-0.1, -0.05) is 136 Å². The number of nitrogens with zero attached hydrogens (tertiary/aromatic N) is 5. The van der Waals surface area contributed by atoms with Gasteiger partial charge in [-0.2, -0.15) is 0 Å². The first-order valence-electron chi connectivity index (χ1n) is 18.8. The van der Waals surface area contributed by atoms with Gasteiger partial charge in [-0.05, 0) is 77.2 Å². The molecule has 1 aliphatic carbocycles. The van der Waals surface area contributed by atoms with Crippen LogP contribution in [0.4, 0.5) is 0 Å². The van der Waals surface area contributed by atoms with Crippen molar-refractivity contribution in [2.45, 2.75) is 26.2 Å². The van der Waals surface area contributed by atoms with Crippen LogP contribution in [-0.4, -0.2) is 24.5 Å². The fourth-order valence-corrected chi connectivity index (χ4v) is 9.14. The molecule has 9 aromatic rings. The van der Waals surface area contributed by atoms with Crippen LogP contribution in [0.2, 0.25) is 0 Å². The van der Waals surface area contributed by atoms with Gasteiger partial charge in [-0.15, -0.1) is 11.3 Å². The van der Waals surface area contributed by atoms with Gasteiger partial charge in [0.2, 0.25) is 0 Å². The standard InChI is InChI=1S/C50H37N5S/c1-31-38-22-11-13-24-40(38)50(3,4)41(31)30-44-32(2)39-23-12-14-25-43(39)55(44)37-21-15-20-36(28-37)49-51-42-27-26-35(29-45(42)56-49)48-53-46(33-16-7-5-8-17-33)52-47(54-48)34-18-9-6-10-19-34/h5-30H,1H2,2-4H3/b41-30+.